The molecule has 220 valence electrons. The molecule has 0 aromatic heterocycles. The van der Waals surface area contributed by atoms with Crippen LogP contribution in [0.15, 0.2) is 175 Å². The highest BCUT2D eigenvalue weighted by Gasteiger charge is 2.06. The lowest BCUT2D eigenvalue weighted by atomic mass is 10.1. The zero-order valence-corrected chi connectivity index (χ0v) is 26.6. The topological polar surface area (TPSA) is 0 Å². The van der Waals surface area contributed by atoms with Crippen LogP contribution >= 0.6 is 0 Å². The number of aryl methyl sites for hydroxylation is 2. The van der Waals surface area contributed by atoms with Gasteiger partial charge in [0.2, 0.25) is 0 Å². The van der Waals surface area contributed by atoms with Gasteiger partial charge in [0.15, 0.2) is 0 Å². The van der Waals surface area contributed by atoms with Crippen molar-refractivity contribution in [2.45, 2.75) is 40.5 Å². The van der Waals surface area contributed by atoms with Gasteiger partial charge in [-0.2, -0.15) is 0 Å². The van der Waals surface area contributed by atoms with Crippen molar-refractivity contribution in [1.29, 1.82) is 0 Å². The molecule has 0 amide bonds. The summed E-state index contributed by atoms with van der Waals surface area (Å²) in [6.45, 7) is 8.58. The van der Waals surface area contributed by atoms with Gasteiger partial charge in [-0.05, 0) is 78.8 Å². The molecule has 8 rings (SSSR count). The number of benzene rings is 6. The van der Waals surface area contributed by atoms with Crippen LogP contribution in [0.2, 0.25) is 0 Å². The van der Waals surface area contributed by atoms with Crippen LogP contribution < -0.4 is 0 Å². The molecule has 0 radical (unpaired) electrons. The van der Waals surface area contributed by atoms with E-state index in [1.807, 2.05) is 36.4 Å². The largest absolute Gasteiger partial charge is 0.0805 e. The van der Waals surface area contributed by atoms with Crippen LogP contribution in [0.3, 0.4) is 0 Å². The van der Waals surface area contributed by atoms with Crippen LogP contribution in [0.25, 0.3) is 27.6 Å². The molecule has 0 saturated heterocycles. The monoisotopic (exact) mass is 572 g/mol. The summed E-state index contributed by atoms with van der Waals surface area (Å²) in [5.41, 5.74) is 8.49. The van der Waals surface area contributed by atoms with E-state index in [2.05, 4.69) is 161 Å². The van der Waals surface area contributed by atoms with Crippen LogP contribution in [-0.4, -0.2) is 0 Å². The number of hydrogen-bond acceptors (Lipinski definition) is 0. The molecule has 0 heteroatoms. The summed E-state index contributed by atoms with van der Waals surface area (Å²) in [4.78, 5) is 0. The van der Waals surface area contributed by atoms with E-state index < -0.39 is 0 Å². The normalized spacial score (nSPS) is 12.1. The first-order valence-corrected chi connectivity index (χ1v) is 15.5. The third-order valence-electron chi connectivity index (χ3n) is 7.46. The van der Waals surface area contributed by atoms with Crippen molar-refractivity contribution < 1.29 is 0 Å². The molecule has 6 aromatic rings. The molecule has 0 nitrogen and oxygen atoms in total. The predicted molar refractivity (Wildman–Crippen MR) is 195 cm³/mol. The second-order valence-corrected chi connectivity index (χ2v) is 11.3. The summed E-state index contributed by atoms with van der Waals surface area (Å²) in [6, 6.07) is 50.3. The second-order valence-electron chi connectivity index (χ2n) is 11.3. The molecule has 2 aliphatic rings. The fourth-order valence-corrected chi connectivity index (χ4v) is 5.09. The van der Waals surface area contributed by atoms with E-state index in [0.717, 1.165) is 6.42 Å². The molecule has 0 spiro atoms. The first-order chi connectivity index (χ1) is 21.5. The van der Waals surface area contributed by atoms with Gasteiger partial charge in [-0.3, -0.25) is 0 Å². The van der Waals surface area contributed by atoms with Crippen molar-refractivity contribution in [3.63, 3.8) is 0 Å². The van der Waals surface area contributed by atoms with Crippen molar-refractivity contribution in [2.75, 3.05) is 0 Å². The molecule has 2 aliphatic carbocycles. The highest BCUT2D eigenvalue weighted by atomic mass is 14.1. The van der Waals surface area contributed by atoms with Gasteiger partial charge in [-0.15, -0.1) is 0 Å². The Kier molecular flexibility index (Phi) is 12.5. The fraction of sp³-hybridized carbons (Fsp3) is 0.136. The molecule has 44 heavy (non-hydrogen) atoms. The summed E-state index contributed by atoms with van der Waals surface area (Å²) in [7, 11) is 0. The van der Waals surface area contributed by atoms with Crippen LogP contribution in [0.4, 0.5) is 0 Å². The smallest absolute Gasteiger partial charge is 0.00606 e. The second kappa shape index (κ2) is 17.2. The molecule has 6 aromatic carbocycles. The first kappa shape index (κ1) is 32.0. The highest BCUT2D eigenvalue weighted by molar-refractivity contribution is 5.85. The van der Waals surface area contributed by atoms with Gasteiger partial charge in [-0.25, -0.2) is 0 Å². The van der Waals surface area contributed by atoms with E-state index in [0.29, 0.717) is 0 Å². The first-order valence-electron chi connectivity index (χ1n) is 15.5. The quantitative estimate of drug-likeness (QED) is 0.170. The van der Waals surface area contributed by atoms with E-state index in [4.69, 9.17) is 0 Å². The Morgan fingerprint density at radius 1 is 0.477 bits per heavy atom. The lowest BCUT2D eigenvalue weighted by Gasteiger charge is -1.98. The maximum atomic E-state index is 2.26. The molecule has 0 N–H and O–H groups in total. The lowest BCUT2D eigenvalue weighted by molar-refractivity contribution is 1.20. The van der Waals surface area contributed by atoms with Gasteiger partial charge >= 0.3 is 0 Å². The Labute approximate surface area is 264 Å². The van der Waals surface area contributed by atoms with Crippen molar-refractivity contribution >= 4 is 27.6 Å². The van der Waals surface area contributed by atoms with Gasteiger partial charge in [0, 0.05) is 0 Å². The maximum absolute atomic E-state index is 2.26. The Hall–Kier alpha value is -4.94. The van der Waals surface area contributed by atoms with E-state index in [1.54, 1.807) is 0 Å². The van der Waals surface area contributed by atoms with Crippen molar-refractivity contribution in [3.05, 3.63) is 197 Å². The maximum Gasteiger partial charge on any atom is -0.00606 e. The molecule has 0 heterocycles. The summed E-state index contributed by atoms with van der Waals surface area (Å²) in [5, 5.41) is 5.33. The molecular weight excluding hydrogens is 528 g/mol. The average molecular weight is 573 g/mol. The molecule has 0 fully saturated rings. The third kappa shape index (κ3) is 10.4. The Morgan fingerprint density at radius 2 is 1.09 bits per heavy atom. The minimum absolute atomic E-state index is 1.15. The molecular formula is C44H44. The van der Waals surface area contributed by atoms with Crippen LogP contribution in [-0.2, 0) is 6.42 Å². The average Bonchev–Trinajstić information content (AvgIpc) is 3.71. The lowest BCUT2D eigenvalue weighted by Crippen LogP contribution is -1.79. The molecule has 0 bridgehead atoms. The van der Waals surface area contributed by atoms with E-state index in [-0.39, 0.29) is 0 Å². The summed E-state index contributed by atoms with van der Waals surface area (Å²) < 4.78 is 0. The standard InChI is InChI=1S/2C11H10.C10H10.C6H8.C6H6/c1-9-5-4-7-10-6-2-3-8-11(9)10;1-9-6-7-10-4-2-3-5-11(10)8-9;1-8-6-9-4-2-3-5-10(9)7-8;1-6-4-2-3-5-6;1-2-4-6-5-3-1/h2*2-8H,1H3;2-6H,7H2,1H3;2-4H,5H2,1H3;1-6H. The minimum Gasteiger partial charge on any atom is -0.0805 e. The van der Waals surface area contributed by atoms with Gasteiger partial charge in [0.25, 0.3) is 0 Å². The number of rotatable bonds is 0. The van der Waals surface area contributed by atoms with Gasteiger partial charge in [0.1, 0.15) is 0 Å². The number of hydrogen-bond donors (Lipinski definition) is 0. The minimum atomic E-state index is 1.15. The Morgan fingerprint density at radius 3 is 1.70 bits per heavy atom. The number of allylic oxidation sites excluding steroid dienone is 5. The summed E-state index contributed by atoms with van der Waals surface area (Å²) >= 11 is 0. The fourth-order valence-electron chi connectivity index (χ4n) is 5.09. The zero-order valence-electron chi connectivity index (χ0n) is 26.6. The zero-order chi connectivity index (χ0) is 31.0. The highest BCUT2D eigenvalue weighted by Crippen LogP contribution is 2.23. The van der Waals surface area contributed by atoms with Crippen molar-refractivity contribution in [2.24, 2.45) is 0 Å². The Balaban J connectivity index is 0.000000128. The summed E-state index contributed by atoms with van der Waals surface area (Å²) in [6.07, 6.45) is 11.0. The molecule has 0 atom stereocenters. The van der Waals surface area contributed by atoms with E-state index in [1.165, 1.54) is 61.4 Å². The van der Waals surface area contributed by atoms with Crippen molar-refractivity contribution in [3.8, 4) is 0 Å². The molecule has 0 saturated carbocycles. The van der Waals surface area contributed by atoms with Gasteiger partial charge < -0.3 is 0 Å². The van der Waals surface area contributed by atoms with Crippen LogP contribution in [0.1, 0.15) is 42.5 Å². The van der Waals surface area contributed by atoms with Crippen LogP contribution in [0.5, 0.6) is 0 Å². The van der Waals surface area contributed by atoms with Gasteiger partial charge in [-0.1, -0.05) is 187 Å². The molecule has 0 unspecified atom stereocenters. The SMILES string of the molecule is CC1=CC=CC1.CC1=Cc2ccccc2C1.Cc1ccc2ccccc2c1.Cc1cccc2ccccc12.c1ccccc1. The van der Waals surface area contributed by atoms with Crippen molar-refractivity contribution in [1.82, 2.24) is 0 Å². The summed E-state index contributed by atoms with van der Waals surface area (Å²) in [5.74, 6) is 0. The third-order valence-corrected chi connectivity index (χ3v) is 7.46. The molecule has 0 aliphatic heterocycles. The number of fused-ring (bicyclic) bond motifs is 3. The Bertz CT molecular complexity index is 1800. The van der Waals surface area contributed by atoms with Crippen LogP contribution in [0, 0.1) is 13.8 Å². The van der Waals surface area contributed by atoms with Gasteiger partial charge in [0.05, 0.1) is 0 Å². The van der Waals surface area contributed by atoms with E-state index >= 15 is 0 Å². The predicted octanol–water partition coefficient (Wildman–Crippen LogP) is 12.5. The van der Waals surface area contributed by atoms with E-state index in [9.17, 15) is 0 Å².